The number of carboxylic acids is 1. The van der Waals surface area contributed by atoms with Gasteiger partial charge in [0.25, 0.3) is 0 Å². The number of benzene rings is 2. The van der Waals surface area contributed by atoms with Gasteiger partial charge in [0, 0.05) is 73.2 Å². The number of sulfone groups is 1. The van der Waals surface area contributed by atoms with E-state index >= 15 is 0 Å². The predicted octanol–water partition coefficient (Wildman–Crippen LogP) is 2.23. The van der Waals surface area contributed by atoms with Crippen LogP contribution in [0.25, 0.3) is 21.8 Å². The largest absolute Gasteiger partial charge is 0.488 e. The van der Waals surface area contributed by atoms with Gasteiger partial charge >= 0.3 is 5.97 Å². The summed E-state index contributed by atoms with van der Waals surface area (Å²) in [5, 5.41) is 25.0. The second kappa shape index (κ2) is 10.7. The van der Waals surface area contributed by atoms with Crippen LogP contribution >= 0.6 is 0 Å². The second-order valence-electron chi connectivity index (χ2n) is 9.89. The number of fused-ring (bicyclic) bond motifs is 2. The van der Waals surface area contributed by atoms with Gasteiger partial charge in [0.2, 0.25) is 0 Å². The van der Waals surface area contributed by atoms with Crippen LogP contribution in [0.15, 0.2) is 41.6 Å². The average molecular weight is 551 g/mol. The molecule has 2 aromatic carbocycles. The number of carboxylic acid groups (broad SMARTS) is 1. The summed E-state index contributed by atoms with van der Waals surface area (Å²) in [6.45, 7) is 5.98. The Balaban J connectivity index is 1.38. The first-order valence-corrected chi connectivity index (χ1v) is 14.5. The first kappa shape index (κ1) is 26.7. The molecule has 0 unspecified atom stereocenters. The maximum atomic E-state index is 12.7. The minimum atomic E-state index is -3.49. The summed E-state index contributed by atoms with van der Waals surface area (Å²) >= 11 is 0. The standard InChI is InChI=1S/C27H30N6O5S/c1-18-13-23(39(2,36)37)22(21-5-6-29-25(18)21)16-33-15-20-4-3-19(14-28)27(26(20)30-33)38-12-11-31-7-9-32(10-8-31)17-24(34)35/h3-6,13,15,29H,7-12,16-17H2,1-2H3,(H,34,35). The summed E-state index contributed by atoms with van der Waals surface area (Å²) in [5.74, 6) is -0.423. The van der Waals surface area contributed by atoms with Crippen LogP contribution in [0.5, 0.6) is 5.75 Å². The first-order valence-electron chi connectivity index (χ1n) is 12.6. The van der Waals surface area contributed by atoms with E-state index < -0.39 is 15.8 Å². The number of aromatic amines is 1. The van der Waals surface area contributed by atoms with Gasteiger partial charge in [0.15, 0.2) is 15.6 Å². The lowest BCUT2D eigenvalue weighted by Crippen LogP contribution is -2.48. The zero-order valence-corrected chi connectivity index (χ0v) is 22.7. The highest BCUT2D eigenvalue weighted by Gasteiger charge is 2.22. The minimum absolute atomic E-state index is 0.0460. The van der Waals surface area contributed by atoms with Crippen molar-refractivity contribution in [2.75, 3.05) is 52.1 Å². The Hall–Kier alpha value is -3.92. The lowest BCUT2D eigenvalue weighted by atomic mass is 10.1. The number of aliphatic carboxylic acids is 1. The van der Waals surface area contributed by atoms with E-state index in [0.29, 0.717) is 48.6 Å². The summed E-state index contributed by atoms with van der Waals surface area (Å²) in [6.07, 6.45) is 4.83. The molecule has 11 nitrogen and oxygen atoms in total. The Morgan fingerprint density at radius 2 is 1.95 bits per heavy atom. The van der Waals surface area contributed by atoms with Gasteiger partial charge in [-0.05, 0) is 36.8 Å². The Bertz CT molecular complexity index is 1690. The van der Waals surface area contributed by atoms with E-state index in [2.05, 4.69) is 16.0 Å². The molecule has 4 aromatic rings. The number of aryl methyl sites for hydroxylation is 1. The Labute approximate surface area is 226 Å². The molecule has 0 spiro atoms. The van der Waals surface area contributed by atoms with Gasteiger partial charge in [-0.25, -0.2) is 8.42 Å². The van der Waals surface area contributed by atoms with E-state index in [0.717, 1.165) is 34.9 Å². The normalized spacial score (nSPS) is 15.1. The fourth-order valence-electron chi connectivity index (χ4n) is 5.16. The molecule has 5 rings (SSSR count). The molecule has 2 N–H and O–H groups in total. The molecule has 3 heterocycles. The van der Waals surface area contributed by atoms with Crippen molar-refractivity contribution in [3.8, 4) is 11.8 Å². The Kier molecular flexibility index (Phi) is 7.31. The molecule has 0 radical (unpaired) electrons. The first-order chi connectivity index (χ1) is 18.6. The van der Waals surface area contributed by atoms with Crippen LogP contribution in [0.4, 0.5) is 0 Å². The van der Waals surface area contributed by atoms with E-state index in [9.17, 15) is 18.5 Å². The lowest BCUT2D eigenvalue weighted by molar-refractivity contribution is -0.138. The number of hydrogen-bond donors (Lipinski definition) is 2. The third kappa shape index (κ3) is 5.61. The maximum Gasteiger partial charge on any atom is 0.317 e. The number of nitrogens with zero attached hydrogens (tertiary/aromatic N) is 5. The van der Waals surface area contributed by atoms with Crippen molar-refractivity contribution in [3.63, 3.8) is 0 Å². The number of H-pyrrole nitrogens is 1. The highest BCUT2D eigenvalue weighted by molar-refractivity contribution is 7.90. The van der Waals surface area contributed by atoms with Crippen LogP contribution in [-0.2, 0) is 21.2 Å². The average Bonchev–Trinajstić information content (AvgIpc) is 3.53. The Morgan fingerprint density at radius 3 is 2.64 bits per heavy atom. The van der Waals surface area contributed by atoms with Gasteiger partial charge in [-0.1, -0.05) is 0 Å². The van der Waals surface area contributed by atoms with Crippen molar-refractivity contribution in [1.29, 1.82) is 5.26 Å². The second-order valence-corrected chi connectivity index (χ2v) is 11.9. The topological polar surface area (TPSA) is 145 Å². The van der Waals surface area contributed by atoms with Crippen molar-refractivity contribution >= 4 is 37.6 Å². The molecule has 204 valence electrons. The molecule has 0 saturated carbocycles. The van der Waals surface area contributed by atoms with Crippen molar-refractivity contribution in [2.45, 2.75) is 18.4 Å². The number of nitrogens with one attached hydrogen (secondary N) is 1. The van der Waals surface area contributed by atoms with Crippen molar-refractivity contribution in [2.24, 2.45) is 0 Å². The number of rotatable bonds is 9. The van der Waals surface area contributed by atoms with Crippen LogP contribution in [0.1, 0.15) is 16.7 Å². The van der Waals surface area contributed by atoms with Gasteiger partial charge in [-0.3, -0.25) is 19.3 Å². The van der Waals surface area contributed by atoms with E-state index in [-0.39, 0.29) is 18.0 Å². The van der Waals surface area contributed by atoms with E-state index in [1.165, 1.54) is 6.26 Å². The van der Waals surface area contributed by atoms with Crippen LogP contribution in [0, 0.1) is 18.3 Å². The molecule has 12 heteroatoms. The van der Waals surface area contributed by atoms with Gasteiger partial charge in [-0.15, -0.1) is 0 Å². The molecule has 0 bridgehead atoms. The van der Waals surface area contributed by atoms with Gasteiger partial charge in [0.05, 0.1) is 23.5 Å². The molecule has 0 amide bonds. The number of nitriles is 1. The number of piperazine rings is 1. The molecule has 1 aliphatic rings. The zero-order chi connectivity index (χ0) is 27.7. The van der Waals surface area contributed by atoms with Gasteiger partial charge in [-0.2, -0.15) is 10.4 Å². The quantitative estimate of drug-likeness (QED) is 0.320. The van der Waals surface area contributed by atoms with Crippen LogP contribution in [0.3, 0.4) is 0 Å². The summed E-state index contributed by atoms with van der Waals surface area (Å²) < 4.78 is 33.1. The van der Waals surface area contributed by atoms with Crippen molar-refractivity contribution < 1.29 is 23.1 Å². The molecule has 0 aliphatic carbocycles. The molecule has 1 fully saturated rings. The van der Waals surface area contributed by atoms with E-state index in [4.69, 9.17) is 14.9 Å². The van der Waals surface area contributed by atoms with Gasteiger partial charge in [0.1, 0.15) is 18.2 Å². The summed E-state index contributed by atoms with van der Waals surface area (Å²) in [5.41, 5.74) is 3.30. The SMILES string of the molecule is Cc1cc(S(C)(=O)=O)c(Cn2cc3ccc(C#N)c(OCCN4CCN(CC(=O)O)CC4)c3n2)c2cc[nH]c12. The third-order valence-electron chi connectivity index (χ3n) is 7.11. The predicted molar refractivity (Wildman–Crippen MR) is 146 cm³/mol. The number of aromatic nitrogens is 3. The maximum absolute atomic E-state index is 12.7. The fourth-order valence-corrected chi connectivity index (χ4v) is 6.17. The third-order valence-corrected chi connectivity index (χ3v) is 8.27. The summed E-state index contributed by atoms with van der Waals surface area (Å²) in [6, 6.07) is 9.26. The number of hydrogen-bond acceptors (Lipinski definition) is 8. The molecule has 39 heavy (non-hydrogen) atoms. The summed E-state index contributed by atoms with van der Waals surface area (Å²) in [7, 11) is -3.49. The van der Waals surface area contributed by atoms with Crippen molar-refractivity contribution in [3.05, 3.63) is 53.3 Å². The summed E-state index contributed by atoms with van der Waals surface area (Å²) in [4.78, 5) is 18.5. The number of ether oxygens (including phenoxy) is 1. The molecule has 1 saturated heterocycles. The minimum Gasteiger partial charge on any atom is -0.488 e. The lowest BCUT2D eigenvalue weighted by Gasteiger charge is -2.33. The van der Waals surface area contributed by atoms with E-state index in [1.54, 1.807) is 23.0 Å². The fraction of sp³-hybridized carbons (Fsp3) is 0.370. The Morgan fingerprint density at radius 1 is 1.21 bits per heavy atom. The molecule has 1 aliphatic heterocycles. The van der Waals surface area contributed by atoms with Gasteiger partial charge < -0.3 is 14.8 Å². The monoisotopic (exact) mass is 550 g/mol. The number of carbonyl (C=O) groups is 1. The molecule has 0 atom stereocenters. The van der Waals surface area contributed by atoms with E-state index in [1.807, 2.05) is 30.2 Å². The van der Waals surface area contributed by atoms with Crippen LogP contribution in [0.2, 0.25) is 0 Å². The van der Waals surface area contributed by atoms with Crippen molar-refractivity contribution in [1.82, 2.24) is 24.6 Å². The highest BCUT2D eigenvalue weighted by Crippen LogP contribution is 2.32. The zero-order valence-electron chi connectivity index (χ0n) is 21.8. The van der Waals surface area contributed by atoms with Crippen LogP contribution in [-0.4, -0.2) is 96.2 Å². The smallest absolute Gasteiger partial charge is 0.317 e. The molecule has 2 aromatic heterocycles. The molecular formula is C27H30N6O5S. The van der Waals surface area contributed by atoms with Crippen LogP contribution < -0.4 is 4.74 Å². The highest BCUT2D eigenvalue weighted by atomic mass is 32.2. The molecular weight excluding hydrogens is 520 g/mol.